The summed E-state index contributed by atoms with van der Waals surface area (Å²) in [4.78, 5) is 26.7. The SMILES string of the molecule is COc1cc(C(=O)NCc2ccc(N3CCOCC3)cc2)ccc1OCC(=O)NC(C)C. The molecule has 32 heavy (non-hydrogen) atoms. The lowest BCUT2D eigenvalue weighted by atomic mass is 10.1. The Labute approximate surface area is 188 Å². The maximum Gasteiger partial charge on any atom is 0.258 e. The van der Waals surface area contributed by atoms with Crippen LogP contribution in [-0.2, 0) is 16.1 Å². The van der Waals surface area contributed by atoms with Crippen LogP contribution >= 0.6 is 0 Å². The Kier molecular flexibility index (Phi) is 8.33. The van der Waals surface area contributed by atoms with Gasteiger partial charge in [0.25, 0.3) is 11.8 Å². The first-order chi connectivity index (χ1) is 15.5. The molecule has 0 unspecified atom stereocenters. The van der Waals surface area contributed by atoms with Gasteiger partial charge in [-0.05, 0) is 49.7 Å². The van der Waals surface area contributed by atoms with E-state index in [9.17, 15) is 9.59 Å². The second-order valence-electron chi connectivity index (χ2n) is 7.83. The van der Waals surface area contributed by atoms with Crippen LogP contribution in [-0.4, -0.2) is 57.9 Å². The topological polar surface area (TPSA) is 89.1 Å². The molecule has 0 spiro atoms. The summed E-state index contributed by atoms with van der Waals surface area (Å²) in [6.45, 7) is 7.32. The summed E-state index contributed by atoms with van der Waals surface area (Å²) in [6, 6.07) is 13.1. The number of morpholine rings is 1. The Bertz CT molecular complexity index is 908. The molecule has 1 aliphatic rings. The van der Waals surface area contributed by atoms with Gasteiger partial charge in [0, 0.05) is 36.9 Å². The lowest BCUT2D eigenvalue weighted by Gasteiger charge is -2.28. The second kappa shape index (κ2) is 11.4. The van der Waals surface area contributed by atoms with Gasteiger partial charge in [-0.15, -0.1) is 0 Å². The van der Waals surface area contributed by atoms with Crippen molar-refractivity contribution in [2.24, 2.45) is 0 Å². The van der Waals surface area contributed by atoms with Gasteiger partial charge in [-0.2, -0.15) is 0 Å². The Morgan fingerprint density at radius 2 is 1.78 bits per heavy atom. The van der Waals surface area contributed by atoms with Gasteiger partial charge >= 0.3 is 0 Å². The first-order valence-electron chi connectivity index (χ1n) is 10.8. The average Bonchev–Trinajstić information content (AvgIpc) is 2.81. The van der Waals surface area contributed by atoms with E-state index in [1.54, 1.807) is 18.2 Å². The molecular formula is C24H31N3O5. The molecule has 8 nitrogen and oxygen atoms in total. The van der Waals surface area contributed by atoms with Crippen molar-refractivity contribution in [3.63, 3.8) is 0 Å². The molecule has 0 aromatic heterocycles. The van der Waals surface area contributed by atoms with Gasteiger partial charge in [0.1, 0.15) is 0 Å². The van der Waals surface area contributed by atoms with Gasteiger partial charge in [-0.3, -0.25) is 9.59 Å². The highest BCUT2D eigenvalue weighted by Crippen LogP contribution is 2.28. The fraction of sp³-hybridized carbons (Fsp3) is 0.417. The molecule has 0 atom stereocenters. The molecule has 0 aliphatic carbocycles. The minimum atomic E-state index is -0.219. The summed E-state index contributed by atoms with van der Waals surface area (Å²) in [7, 11) is 1.49. The molecule has 2 N–H and O–H groups in total. The smallest absolute Gasteiger partial charge is 0.258 e. The number of carbonyl (C=O) groups excluding carboxylic acids is 2. The van der Waals surface area contributed by atoms with E-state index in [1.807, 2.05) is 26.0 Å². The monoisotopic (exact) mass is 441 g/mol. The zero-order valence-corrected chi connectivity index (χ0v) is 18.8. The molecule has 8 heteroatoms. The minimum absolute atomic E-state index is 0.0367. The fourth-order valence-corrected chi connectivity index (χ4v) is 3.37. The van der Waals surface area contributed by atoms with Crippen molar-refractivity contribution in [3.05, 3.63) is 53.6 Å². The molecule has 0 radical (unpaired) electrons. The molecule has 2 aromatic rings. The molecule has 0 bridgehead atoms. The molecule has 1 saturated heterocycles. The van der Waals surface area contributed by atoms with Crippen LogP contribution < -0.4 is 25.0 Å². The third-order valence-electron chi connectivity index (χ3n) is 5.00. The quantitative estimate of drug-likeness (QED) is 0.621. The van der Waals surface area contributed by atoms with Gasteiger partial charge < -0.3 is 29.7 Å². The van der Waals surface area contributed by atoms with Crippen molar-refractivity contribution < 1.29 is 23.8 Å². The summed E-state index contributed by atoms with van der Waals surface area (Å²) in [5.41, 5.74) is 2.62. The minimum Gasteiger partial charge on any atom is -0.493 e. The number of rotatable bonds is 9. The zero-order chi connectivity index (χ0) is 22.9. The third kappa shape index (κ3) is 6.62. The highest BCUT2D eigenvalue weighted by molar-refractivity contribution is 5.94. The number of ether oxygens (including phenoxy) is 3. The van der Waals surface area contributed by atoms with E-state index in [2.05, 4.69) is 27.7 Å². The summed E-state index contributed by atoms with van der Waals surface area (Å²) in [5.74, 6) is 0.361. The first kappa shape index (κ1) is 23.4. The normalized spacial score (nSPS) is 13.6. The number of amides is 2. The molecule has 2 aromatic carbocycles. The maximum absolute atomic E-state index is 12.6. The van der Waals surface area contributed by atoms with Crippen LogP contribution in [0.1, 0.15) is 29.8 Å². The molecule has 3 rings (SSSR count). The standard InChI is InChI=1S/C24H31N3O5/c1-17(2)26-23(28)16-32-21-9-6-19(14-22(21)30-3)24(29)25-15-18-4-7-20(8-5-18)27-10-12-31-13-11-27/h4-9,14,17H,10-13,15-16H2,1-3H3,(H,25,29)(H,26,28). The highest BCUT2D eigenvalue weighted by atomic mass is 16.5. The number of hydrogen-bond acceptors (Lipinski definition) is 6. The number of nitrogens with zero attached hydrogens (tertiary/aromatic N) is 1. The van der Waals surface area contributed by atoms with Crippen LogP contribution in [0.3, 0.4) is 0 Å². The lowest BCUT2D eigenvalue weighted by molar-refractivity contribution is -0.123. The zero-order valence-electron chi connectivity index (χ0n) is 18.8. The summed E-state index contributed by atoms with van der Waals surface area (Å²) in [6.07, 6.45) is 0. The van der Waals surface area contributed by atoms with Gasteiger partial charge in [-0.25, -0.2) is 0 Å². The van der Waals surface area contributed by atoms with Crippen LogP contribution in [0.25, 0.3) is 0 Å². The predicted octanol–water partition coefficient (Wildman–Crippen LogP) is 2.37. The second-order valence-corrected chi connectivity index (χ2v) is 7.83. The number of nitrogens with one attached hydrogen (secondary N) is 2. The first-order valence-corrected chi connectivity index (χ1v) is 10.8. The van der Waals surface area contributed by atoms with Crippen molar-refractivity contribution >= 4 is 17.5 Å². The van der Waals surface area contributed by atoms with Crippen molar-refractivity contribution in [1.82, 2.24) is 10.6 Å². The molecular weight excluding hydrogens is 410 g/mol. The van der Waals surface area contributed by atoms with Gasteiger partial charge in [0.05, 0.1) is 20.3 Å². The summed E-state index contributed by atoms with van der Waals surface area (Å²) < 4.78 is 16.3. The van der Waals surface area contributed by atoms with Gasteiger partial charge in [-0.1, -0.05) is 12.1 Å². The third-order valence-corrected chi connectivity index (χ3v) is 5.00. The Morgan fingerprint density at radius 3 is 2.44 bits per heavy atom. The van der Waals surface area contributed by atoms with Crippen LogP contribution in [0.2, 0.25) is 0 Å². The fourth-order valence-electron chi connectivity index (χ4n) is 3.37. The number of carbonyl (C=O) groups is 2. The van der Waals surface area contributed by atoms with E-state index in [4.69, 9.17) is 14.2 Å². The molecule has 172 valence electrons. The van der Waals surface area contributed by atoms with Crippen molar-refractivity contribution in [1.29, 1.82) is 0 Å². The van der Waals surface area contributed by atoms with Crippen LogP contribution in [0.15, 0.2) is 42.5 Å². The predicted molar refractivity (Wildman–Crippen MR) is 122 cm³/mol. The molecule has 2 amide bonds. The van der Waals surface area contributed by atoms with E-state index in [0.29, 0.717) is 23.6 Å². The van der Waals surface area contributed by atoms with Crippen LogP contribution in [0.4, 0.5) is 5.69 Å². The molecule has 1 fully saturated rings. The summed E-state index contributed by atoms with van der Waals surface area (Å²) in [5, 5.41) is 5.68. The van der Waals surface area contributed by atoms with E-state index in [0.717, 1.165) is 37.6 Å². The number of anilines is 1. The number of hydrogen-bond donors (Lipinski definition) is 2. The number of benzene rings is 2. The Balaban J connectivity index is 1.54. The van der Waals surface area contributed by atoms with E-state index < -0.39 is 0 Å². The average molecular weight is 442 g/mol. The van der Waals surface area contributed by atoms with E-state index in [1.165, 1.54) is 7.11 Å². The summed E-state index contributed by atoms with van der Waals surface area (Å²) >= 11 is 0. The Hall–Kier alpha value is -3.26. The van der Waals surface area contributed by atoms with Crippen LogP contribution in [0.5, 0.6) is 11.5 Å². The maximum atomic E-state index is 12.6. The largest absolute Gasteiger partial charge is 0.493 e. The van der Waals surface area contributed by atoms with Gasteiger partial charge in [0.15, 0.2) is 18.1 Å². The van der Waals surface area contributed by atoms with E-state index in [-0.39, 0.29) is 24.5 Å². The highest BCUT2D eigenvalue weighted by Gasteiger charge is 2.14. The van der Waals surface area contributed by atoms with E-state index >= 15 is 0 Å². The molecule has 0 saturated carbocycles. The number of methoxy groups -OCH3 is 1. The van der Waals surface area contributed by atoms with Crippen molar-refractivity contribution in [2.75, 3.05) is 44.9 Å². The van der Waals surface area contributed by atoms with Crippen molar-refractivity contribution in [3.8, 4) is 11.5 Å². The van der Waals surface area contributed by atoms with Gasteiger partial charge in [0.2, 0.25) is 0 Å². The lowest BCUT2D eigenvalue weighted by Crippen LogP contribution is -2.36. The van der Waals surface area contributed by atoms with Crippen LogP contribution in [0, 0.1) is 0 Å². The Morgan fingerprint density at radius 1 is 1.06 bits per heavy atom. The van der Waals surface area contributed by atoms with Crippen molar-refractivity contribution in [2.45, 2.75) is 26.4 Å². The molecule has 1 aliphatic heterocycles. The molecule has 1 heterocycles.